The SMILES string of the molecule is CCC(COC)Nc1ccnc(Cl)n1. The zero-order valence-corrected chi connectivity index (χ0v) is 9.08. The third kappa shape index (κ3) is 3.47. The second kappa shape index (κ2) is 5.78. The molecule has 0 saturated carbocycles. The number of nitrogens with zero attached hydrogens (tertiary/aromatic N) is 2. The van der Waals surface area contributed by atoms with E-state index < -0.39 is 0 Å². The van der Waals surface area contributed by atoms with Crippen LogP contribution in [-0.2, 0) is 4.74 Å². The van der Waals surface area contributed by atoms with E-state index in [9.17, 15) is 0 Å². The topological polar surface area (TPSA) is 47.0 Å². The molecule has 0 amide bonds. The number of aromatic nitrogens is 2. The lowest BCUT2D eigenvalue weighted by Gasteiger charge is -2.16. The monoisotopic (exact) mass is 215 g/mol. The molecule has 0 aliphatic carbocycles. The molecule has 1 aromatic rings. The lowest BCUT2D eigenvalue weighted by Crippen LogP contribution is -2.24. The quantitative estimate of drug-likeness (QED) is 0.763. The minimum atomic E-state index is 0.252. The van der Waals surface area contributed by atoms with Gasteiger partial charge in [-0.15, -0.1) is 0 Å². The largest absolute Gasteiger partial charge is 0.383 e. The van der Waals surface area contributed by atoms with Gasteiger partial charge in [-0.25, -0.2) is 9.97 Å². The molecule has 0 spiro atoms. The maximum atomic E-state index is 5.66. The molecular formula is C9H14ClN3O. The van der Waals surface area contributed by atoms with Crippen LogP contribution in [0.5, 0.6) is 0 Å². The molecular weight excluding hydrogens is 202 g/mol. The van der Waals surface area contributed by atoms with Crippen molar-refractivity contribution in [1.82, 2.24) is 9.97 Å². The van der Waals surface area contributed by atoms with Gasteiger partial charge in [-0.1, -0.05) is 6.92 Å². The third-order valence-electron chi connectivity index (χ3n) is 1.84. The van der Waals surface area contributed by atoms with E-state index >= 15 is 0 Å². The van der Waals surface area contributed by atoms with Crippen molar-refractivity contribution in [2.75, 3.05) is 19.0 Å². The summed E-state index contributed by atoms with van der Waals surface area (Å²) >= 11 is 5.66. The van der Waals surface area contributed by atoms with Crippen LogP contribution in [0.3, 0.4) is 0 Å². The fourth-order valence-electron chi connectivity index (χ4n) is 1.09. The van der Waals surface area contributed by atoms with E-state index in [1.807, 2.05) is 0 Å². The molecule has 1 N–H and O–H groups in total. The molecule has 0 aliphatic heterocycles. The Morgan fingerprint density at radius 1 is 1.64 bits per heavy atom. The van der Waals surface area contributed by atoms with E-state index in [0.717, 1.165) is 12.2 Å². The van der Waals surface area contributed by atoms with Crippen LogP contribution >= 0.6 is 11.6 Å². The van der Waals surface area contributed by atoms with E-state index in [-0.39, 0.29) is 11.3 Å². The number of anilines is 1. The maximum Gasteiger partial charge on any atom is 0.224 e. The lowest BCUT2D eigenvalue weighted by molar-refractivity contribution is 0.184. The Labute approximate surface area is 88.7 Å². The van der Waals surface area contributed by atoms with Crippen LogP contribution in [0.1, 0.15) is 13.3 Å². The molecule has 4 nitrogen and oxygen atoms in total. The Morgan fingerprint density at radius 2 is 2.43 bits per heavy atom. The summed E-state index contributed by atoms with van der Waals surface area (Å²) in [5.74, 6) is 0.730. The molecule has 1 atom stereocenters. The molecule has 0 aromatic carbocycles. The number of methoxy groups -OCH3 is 1. The van der Waals surface area contributed by atoms with Crippen molar-refractivity contribution < 1.29 is 4.74 Å². The summed E-state index contributed by atoms with van der Waals surface area (Å²) in [5, 5.41) is 3.46. The van der Waals surface area contributed by atoms with Gasteiger partial charge in [0.15, 0.2) is 0 Å². The minimum absolute atomic E-state index is 0.252. The first kappa shape index (κ1) is 11.2. The van der Waals surface area contributed by atoms with Crippen LogP contribution < -0.4 is 5.32 Å². The van der Waals surface area contributed by atoms with Crippen molar-refractivity contribution in [2.45, 2.75) is 19.4 Å². The van der Waals surface area contributed by atoms with E-state index in [0.29, 0.717) is 6.61 Å². The summed E-state index contributed by atoms with van der Waals surface area (Å²) < 4.78 is 5.06. The van der Waals surface area contributed by atoms with E-state index in [1.165, 1.54) is 0 Å². The fourth-order valence-corrected chi connectivity index (χ4v) is 1.23. The number of hydrogen-bond acceptors (Lipinski definition) is 4. The van der Waals surface area contributed by atoms with Gasteiger partial charge in [-0.05, 0) is 24.1 Å². The minimum Gasteiger partial charge on any atom is -0.383 e. The molecule has 0 fully saturated rings. The smallest absolute Gasteiger partial charge is 0.224 e. The van der Waals surface area contributed by atoms with Crippen LogP contribution in [-0.4, -0.2) is 29.7 Å². The normalized spacial score (nSPS) is 12.5. The molecule has 0 bridgehead atoms. The molecule has 1 heterocycles. The number of ether oxygens (including phenoxy) is 1. The van der Waals surface area contributed by atoms with E-state index in [1.54, 1.807) is 19.4 Å². The van der Waals surface area contributed by atoms with Crippen LogP contribution in [0.4, 0.5) is 5.82 Å². The zero-order valence-electron chi connectivity index (χ0n) is 8.33. The Kier molecular flexibility index (Phi) is 4.62. The van der Waals surface area contributed by atoms with E-state index in [4.69, 9.17) is 16.3 Å². The second-order valence-corrected chi connectivity index (χ2v) is 3.25. The zero-order chi connectivity index (χ0) is 10.4. The van der Waals surface area contributed by atoms with Crippen LogP contribution in [0.15, 0.2) is 12.3 Å². The van der Waals surface area contributed by atoms with Gasteiger partial charge in [0.05, 0.1) is 12.6 Å². The fraction of sp³-hybridized carbons (Fsp3) is 0.556. The van der Waals surface area contributed by atoms with Crippen molar-refractivity contribution in [2.24, 2.45) is 0 Å². The molecule has 5 heteroatoms. The first-order valence-electron chi connectivity index (χ1n) is 4.50. The predicted molar refractivity (Wildman–Crippen MR) is 56.6 cm³/mol. The number of hydrogen-bond donors (Lipinski definition) is 1. The predicted octanol–water partition coefficient (Wildman–Crippen LogP) is 1.97. The number of nitrogens with one attached hydrogen (secondary N) is 1. The standard InChI is InChI=1S/C9H14ClN3O/c1-3-7(6-14-2)12-8-4-5-11-9(10)13-8/h4-5,7H,3,6H2,1-2H3,(H,11,12,13). The van der Waals surface area contributed by atoms with Gasteiger partial charge in [0.2, 0.25) is 5.28 Å². The van der Waals surface area contributed by atoms with Gasteiger partial charge in [0.1, 0.15) is 5.82 Å². The first-order chi connectivity index (χ1) is 6.76. The highest BCUT2D eigenvalue weighted by atomic mass is 35.5. The molecule has 0 aliphatic rings. The van der Waals surface area contributed by atoms with Crippen molar-refractivity contribution in [3.8, 4) is 0 Å². The summed E-state index contributed by atoms with van der Waals surface area (Å²) in [5.41, 5.74) is 0. The van der Waals surface area contributed by atoms with Gasteiger partial charge in [-0.2, -0.15) is 0 Å². The average Bonchev–Trinajstić information content (AvgIpc) is 2.17. The Morgan fingerprint density at radius 3 is 3.00 bits per heavy atom. The van der Waals surface area contributed by atoms with Crippen LogP contribution in [0.25, 0.3) is 0 Å². The van der Waals surface area contributed by atoms with Gasteiger partial charge in [-0.3, -0.25) is 0 Å². The lowest BCUT2D eigenvalue weighted by atomic mass is 10.2. The first-order valence-corrected chi connectivity index (χ1v) is 4.88. The van der Waals surface area contributed by atoms with Gasteiger partial charge >= 0.3 is 0 Å². The molecule has 1 unspecified atom stereocenters. The van der Waals surface area contributed by atoms with Crippen molar-refractivity contribution in [3.63, 3.8) is 0 Å². The number of halogens is 1. The maximum absolute atomic E-state index is 5.66. The average molecular weight is 216 g/mol. The summed E-state index contributed by atoms with van der Waals surface area (Å²) in [6.07, 6.45) is 2.59. The molecule has 78 valence electrons. The van der Waals surface area contributed by atoms with Crippen molar-refractivity contribution in [1.29, 1.82) is 0 Å². The summed E-state index contributed by atoms with van der Waals surface area (Å²) in [6.45, 7) is 2.73. The molecule has 1 aromatic heterocycles. The van der Waals surface area contributed by atoms with E-state index in [2.05, 4.69) is 22.2 Å². The summed E-state index contributed by atoms with van der Waals surface area (Å²) in [7, 11) is 1.68. The third-order valence-corrected chi connectivity index (χ3v) is 2.02. The molecule has 0 radical (unpaired) electrons. The molecule has 0 saturated heterocycles. The van der Waals surface area contributed by atoms with Gasteiger partial charge < -0.3 is 10.1 Å². The Bertz CT molecular complexity index is 283. The second-order valence-electron chi connectivity index (χ2n) is 2.92. The highest BCUT2D eigenvalue weighted by Gasteiger charge is 2.06. The number of rotatable bonds is 5. The Balaban J connectivity index is 2.57. The summed E-state index contributed by atoms with van der Waals surface area (Å²) in [6, 6.07) is 2.04. The highest BCUT2D eigenvalue weighted by molar-refractivity contribution is 6.28. The molecule has 1 rings (SSSR count). The van der Waals surface area contributed by atoms with Crippen molar-refractivity contribution >= 4 is 17.4 Å². The molecule has 14 heavy (non-hydrogen) atoms. The van der Waals surface area contributed by atoms with Gasteiger partial charge in [0, 0.05) is 13.3 Å². The van der Waals surface area contributed by atoms with Crippen LogP contribution in [0.2, 0.25) is 5.28 Å². The van der Waals surface area contributed by atoms with Gasteiger partial charge in [0.25, 0.3) is 0 Å². The highest BCUT2D eigenvalue weighted by Crippen LogP contribution is 2.08. The van der Waals surface area contributed by atoms with Crippen LogP contribution in [0, 0.1) is 0 Å². The Hall–Kier alpha value is -0.870. The summed E-state index contributed by atoms with van der Waals surface area (Å²) in [4.78, 5) is 7.83. The van der Waals surface area contributed by atoms with Crippen molar-refractivity contribution in [3.05, 3.63) is 17.5 Å².